The molecular weight excluding hydrogens is 204 g/mol. The lowest BCUT2D eigenvalue weighted by molar-refractivity contribution is -0.138. The van der Waals surface area contributed by atoms with E-state index in [0.29, 0.717) is 0 Å². The average molecular weight is 215 g/mol. The Morgan fingerprint density at radius 1 is 1.47 bits per heavy atom. The molecule has 0 aliphatic heterocycles. The van der Waals surface area contributed by atoms with Crippen molar-refractivity contribution < 1.29 is 18.7 Å². The second-order valence-electron chi connectivity index (χ2n) is 3.22. The van der Waals surface area contributed by atoms with E-state index in [1.807, 2.05) is 0 Å². The number of likely N-dealkylation sites (N-methyl/N-ethyl adjacent to an activating group) is 1. The number of carboxylic acid groups (broad SMARTS) is 1. The van der Waals surface area contributed by atoms with Gasteiger partial charge in [-0.05, 0) is 19.1 Å². The van der Waals surface area contributed by atoms with Gasteiger partial charge < -0.3 is 10.0 Å². The molecule has 5 heteroatoms. The first-order valence-corrected chi connectivity index (χ1v) is 4.34. The van der Waals surface area contributed by atoms with Crippen LogP contribution >= 0.6 is 0 Å². The number of carboxylic acids is 1. The molecule has 0 aliphatic rings. The highest BCUT2D eigenvalue weighted by Gasteiger charge is 2.20. The molecule has 1 aromatic carbocycles. The van der Waals surface area contributed by atoms with Gasteiger partial charge in [0.05, 0.1) is 5.69 Å². The fourth-order valence-corrected chi connectivity index (χ4v) is 1.13. The lowest BCUT2D eigenvalue weighted by Crippen LogP contribution is -2.36. The summed E-state index contributed by atoms with van der Waals surface area (Å²) in [6.45, 7) is 1.40. The van der Waals surface area contributed by atoms with Gasteiger partial charge in [0.25, 0.3) is 0 Å². The third kappa shape index (κ3) is 2.43. The standard InChI is InChI=1S/C10H11F2NO2/c1-6(10(14)15)13(2)9-5-7(11)3-4-8(9)12/h3-6H,1-2H3,(H,14,15). The molecule has 1 aromatic rings. The maximum atomic E-state index is 13.2. The van der Waals surface area contributed by atoms with E-state index in [2.05, 4.69) is 0 Å². The molecule has 15 heavy (non-hydrogen) atoms. The van der Waals surface area contributed by atoms with Crippen molar-refractivity contribution in [1.29, 1.82) is 0 Å². The number of anilines is 1. The Labute approximate surface area is 85.9 Å². The van der Waals surface area contributed by atoms with E-state index in [1.165, 1.54) is 18.9 Å². The lowest BCUT2D eigenvalue weighted by Gasteiger charge is -2.23. The van der Waals surface area contributed by atoms with Crippen LogP contribution in [0.2, 0.25) is 0 Å². The fraction of sp³-hybridized carbons (Fsp3) is 0.300. The number of nitrogens with zero attached hydrogens (tertiary/aromatic N) is 1. The van der Waals surface area contributed by atoms with Crippen LogP contribution in [0.1, 0.15) is 6.92 Å². The van der Waals surface area contributed by atoms with E-state index in [4.69, 9.17) is 5.11 Å². The van der Waals surface area contributed by atoms with Gasteiger partial charge in [0.15, 0.2) is 0 Å². The highest BCUT2D eigenvalue weighted by molar-refractivity contribution is 5.77. The molecule has 0 spiro atoms. The summed E-state index contributed by atoms with van der Waals surface area (Å²) in [7, 11) is 1.40. The Bertz CT molecular complexity index is 382. The number of aliphatic carboxylic acids is 1. The van der Waals surface area contributed by atoms with Crippen molar-refractivity contribution in [2.45, 2.75) is 13.0 Å². The summed E-state index contributed by atoms with van der Waals surface area (Å²) in [6, 6.07) is 2.00. The summed E-state index contributed by atoms with van der Waals surface area (Å²) in [4.78, 5) is 11.8. The maximum Gasteiger partial charge on any atom is 0.326 e. The molecule has 0 saturated carbocycles. The van der Waals surface area contributed by atoms with Crippen molar-refractivity contribution in [3.8, 4) is 0 Å². The Kier molecular flexibility index (Phi) is 3.24. The van der Waals surface area contributed by atoms with Crippen molar-refractivity contribution in [2.24, 2.45) is 0 Å². The molecule has 0 aromatic heterocycles. The highest BCUT2D eigenvalue weighted by Crippen LogP contribution is 2.20. The monoisotopic (exact) mass is 215 g/mol. The summed E-state index contributed by atoms with van der Waals surface area (Å²) in [6.07, 6.45) is 0. The number of carbonyl (C=O) groups is 1. The Hall–Kier alpha value is -1.65. The minimum Gasteiger partial charge on any atom is -0.480 e. The molecule has 3 nitrogen and oxygen atoms in total. The zero-order valence-electron chi connectivity index (χ0n) is 8.37. The molecular formula is C10H11F2NO2. The van der Waals surface area contributed by atoms with Crippen LogP contribution in [0.25, 0.3) is 0 Å². The van der Waals surface area contributed by atoms with Gasteiger partial charge in [0, 0.05) is 13.1 Å². The van der Waals surface area contributed by atoms with Gasteiger partial charge in [-0.15, -0.1) is 0 Å². The third-order valence-electron chi connectivity index (χ3n) is 2.23. The predicted molar refractivity (Wildman–Crippen MR) is 51.9 cm³/mol. The first-order valence-electron chi connectivity index (χ1n) is 4.34. The zero-order valence-corrected chi connectivity index (χ0v) is 8.37. The van der Waals surface area contributed by atoms with E-state index >= 15 is 0 Å². The van der Waals surface area contributed by atoms with Crippen LogP contribution in [-0.4, -0.2) is 24.2 Å². The first kappa shape index (κ1) is 11.4. The molecule has 1 N–H and O–H groups in total. The number of hydrogen-bond donors (Lipinski definition) is 1. The first-order chi connectivity index (χ1) is 6.93. The Morgan fingerprint density at radius 2 is 2.07 bits per heavy atom. The molecule has 0 aliphatic carbocycles. The van der Waals surface area contributed by atoms with Crippen molar-refractivity contribution in [1.82, 2.24) is 0 Å². The smallest absolute Gasteiger partial charge is 0.326 e. The Balaban J connectivity index is 3.04. The van der Waals surface area contributed by atoms with Gasteiger partial charge in [-0.1, -0.05) is 0 Å². The molecule has 0 heterocycles. The third-order valence-corrected chi connectivity index (χ3v) is 2.23. The van der Waals surface area contributed by atoms with Crippen molar-refractivity contribution in [3.63, 3.8) is 0 Å². The van der Waals surface area contributed by atoms with Crippen LogP contribution in [0.4, 0.5) is 14.5 Å². The summed E-state index contributed by atoms with van der Waals surface area (Å²) < 4.78 is 26.1. The van der Waals surface area contributed by atoms with Crippen LogP contribution in [0.15, 0.2) is 18.2 Å². The molecule has 0 bridgehead atoms. The average Bonchev–Trinajstić information content (AvgIpc) is 2.19. The van der Waals surface area contributed by atoms with Crippen LogP contribution in [0.5, 0.6) is 0 Å². The van der Waals surface area contributed by atoms with E-state index in [0.717, 1.165) is 18.2 Å². The van der Waals surface area contributed by atoms with E-state index < -0.39 is 23.6 Å². The van der Waals surface area contributed by atoms with Gasteiger partial charge in [-0.3, -0.25) is 0 Å². The molecule has 1 unspecified atom stereocenters. The van der Waals surface area contributed by atoms with Crippen LogP contribution in [0, 0.1) is 11.6 Å². The normalized spacial score (nSPS) is 12.3. The van der Waals surface area contributed by atoms with E-state index in [-0.39, 0.29) is 5.69 Å². The molecule has 82 valence electrons. The topological polar surface area (TPSA) is 40.5 Å². The van der Waals surface area contributed by atoms with Crippen molar-refractivity contribution in [3.05, 3.63) is 29.8 Å². The highest BCUT2D eigenvalue weighted by atomic mass is 19.1. The van der Waals surface area contributed by atoms with Gasteiger partial charge in [-0.2, -0.15) is 0 Å². The van der Waals surface area contributed by atoms with Gasteiger partial charge >= 0.3 is 5.97 Å². The molecule has 0 amide bonds. The van der Waals surface area contributed by atoms with Crippen molar-refractivity contribution in [2.75, 3.05) is 11.9 Å². The number of halogens is 2. The lowest BCUT2D eigenvalue weighted by atomic mass is 10.2. The van der Waals surface area contributed by atoms with Gasteiger partial charge in [0.2, 0.25) is 0 Å². The van der Waals surface area contributed by atoms with Gasteiger partial charge in [-0.25, -0.2) is 13.6 Å². The fourth-order valence-electron chi connectivity index (χ4n) is 1.13. The summed E-state index contributed by atoms with van der Waals surface area (Å²) in [5.41, 5.74) is -0.0649. The van der Waals surface area contributed by atoms with Crippen LogP contribution in [-0.2, 0) is 4.79 Å². The number of hydrogen-bond acceptors (Lipinski definition) is 2. The largest absolute Gasteiger partial charge is 0.480 e. The molecule has 0 fully saturated rings. The zero-order chi connectivity index (χ0) is 11.6. The van der Waals surface area contributed by atoms with Gasteiger partial charge in [0.1, 0.15) is 17.7 Å². The minimum absolute atomic E-state index is 0.0649. The minimum atomic E-state index is -1.10. The molecule has 1 rings (SSSR count). The Morgan fingerprint density at radius 3 is 2.60 bits per heavy atom. The second-order valence-corrected chi connectivity index (χ2v) is 3.22. The number of benzene rings is 1. The summed E-state index contributed by atoms with van der Waals surface area (Å²) in [5.74, 6) is -2.34. The van der Waals surface area contributed by atoms with Crippen molar-refractivity contribution >= 4 is 11.7 Å². The SMILES string of the molecule is CC(C(=O)O)N(C)c1cc(F)ccc1F. The molecule has 0 radical (unpaired) electrons. The quantitative estimate of drug-likeness (QED) is 0.836. The molecule has 1 atom stereocenters. The summed E-state index contributed by atoms with van der Waals surface area (Å²) in [5, 5.41) is 8.72. The van der Waals surface area contributed by atoms with Crippen LogP contribution < -0.4 is 4.90 Å². The number of rotatable bonds is 3. The predicted octanol–water partition coefficient (Wildman–Crippen LogP) is 1.87. The van der Waals surface area contributed by atoms with E-state index in [9.17, 15) is 13.6 Å². The van der Waals surface area contributed by atoms with E-state index in [1.54, 1.807) is 0 Å². The van der Waals surface area contributed by atoms with Crippen LogP contribution in [0.3, 0.4) is 0 Å². The molecule has 0 saturated heterocycles. The second kappa shape index (κ2) is 4.25. The summed E-state index contributed by atoms with van der Waals surface area (Å²) >= 11 is 0. The maximum absolute atomic E-state index is 13.2.